The highest BCUT2D eigenvalue weighted by Crippen LogP contribution is 2.29. The summed E-state index contributed by atoms with van der Waals surface area (Å²) in [6.45, 7) is 0. The van der Waals surface area contributed by atoms with E-state index in [0.29, 0.717) is 5.69 Å². The van der Waals surface area contributed by atoms with Gasteiger partial charge in [0, 0.05) is 11.6 Å². The number of benzene rings is 1. The third-order valence-electron chi connectivity index (χ3n) is 1.77. The molecule has 4 nitrogen and oxygen atoms in total. The maximum atomic E-state index is 9.20. The number of aromatic nitrogens is 1. The second-order valence-corrected chi connectivity index (χ2v) is 3.19. The Kier molecular flexibility index (Phi) is 2.05. The SMILES string of the molecule is Nc1cc(-c2ccc(O)c(Cl)c2)no1. The van der Waals surface area contributed by atoms with Gasteiger partial charge in [0.25, 0.3) is 0 Å². The number of nitrogen functional groups attached to an aromatic ring is 1. The minimum absolute atomic E-state index is 0.0342. The summed E-state index contributed by atoms with van der Waals surface area (Å²) in [4.78, 5) is 0. The highest BCUT2D eigenvalue weighted by atomic mass is 35.5. The normalized spacial score (nSPS) is 10.4. The number of halogens is 1. The minimum atomic E-state index is 0.0342. The summed E-state index contributed by atoms with van der Waals surface area (Å²) < 4.78 is 4.71. The summed E-state index contributed by atoms with van der Waals surface area (Å²) in [6, 6.07) is 6.35. The Labute approximate surface area is 84.9 Å². The first-order valence-corrected chi connectivity index (χ1v) is 4.25. The highest BCUT2D eigenvalue weighted by Gasteiger charge is 2.06. The van der Waals surface area contributed by atoms with Crippen molar-refractivity contribution in [1.29, 1.82) is 0 Å². The van der Waals surface area contributed by atoms with Crippen molar-refractivity contribution in [2.45, 2.75) is 0 Å². The number of nitrogens with zero attached hydrogens (tertiary/aromatic N) is 1. The van der Waals surface area contributed by atoms with Crippen LogP contribution in [0, 0.1) is 0 Å². The highest BCUT2D eigenvalue weighted by molar-refractivity contribution is 6.32. The zero-order valence-electron chi connectivity index (χ0n) is 7.07. The van der Waals surface area contributed by atoms with Gasteiger partial charge in [-0.3, -0.25) is 0 Å². The van der Waals surface area contributed by atoms with Gasteiger partial charge in [0.05, 0.1) is 5.02 Å². The van der Waals surface area contributed by atoms with Crippen molar-refractivity contribution in [3.63, 3.8) is 0 Å². The van der Waals surface area contributed by atoms with E-state index in [0.717, 1.165) is 5.56 Å². The van der Waals surface area contributed by atoms with E-state index in [-0.39, 0.29) is 16.7 Å². The summed E-state index contributed by atoms with van der Waals surface area (Å²) in [5.74, 6) is 0.274. The molecular weight excluding hydrogens is 204 g/mol. The molecule has 0 atom stereocenters. The third-order valence-corrected chi connectivity index (χ3v) is 2.07. The second kappa shape index (κ2) is 3.23. The average molecular weight is 211 g/mol. The molecule has 1 aromatic carbocycles. The van der Waals surface area contributed by atoms with Crippen LogP contribution in [0.2, 0.25) is 5.02 Å². The van der Waals surface area contributed by atoms with Crippen LogP contribution in [0.25, 0.3) is 11.3 Å². The van der Waals surface area contributed by atoms with Crippen molar-refractivity contribution in [1.82, 2.24) is 5.16 Å². The van der Waals surface area contributed by atoms with Gasteiger partial charge in [-0.2, -0.15) is 0 Å². The Bertz CT molecular complexity index is 468. The molecule has 3 N–H and O–H groups in total. The van der Waals surface area contributed by atoms with Crippen LogP contribution in [0.4, 0.5) is 5.88 Å². The van der Waals surface area contributed by atoms with E-state index in [4.69, 9.17) is 21.9 Å². The molecule has 0 radical (unpaired) electrons. The van der Waals surface area contributed by atoms with Gasteiger partial charge in [0.15, 0.2) is 0 Å². The maximum Gasteiger partial charge on any atom is 0.222 e. The molecule has 2 aromatic rings. The van der Waals surface area contributed by atoms with Gasteiger partial charge in [0.2, 0.25) is 5.88 Å². The molecule has 0 saturated heterocycles. The van der Waals surface area contributed by atoms with Gasteiger partial charge in [-0.1, -0.05) is 16.8 Å². The van der Waals surface area contributed by atoms with E-state index >= 15 is 0 Å². The molecule has 0 spiro atoms. The van der Waals surface area contributed by atoms with Crippen molar-refractivity contribution in [2.75, 3.05) is 5.73 Å². The Morgan fingerprint density at radius 3 is 2.71 bits per heavy atom. The molecule has 0 unspecified atom stereocenters. The van der Waals surface area contributed by atoms with Crippen molar-refractivity contribution >= 4 is 17.5 Å². The molecule has 0 saturated carbocycles. The van der Waals surface area contributed by atoms with E-state index in [1.54, 1.807) is 18.2 Å². The van der Waals surface area contributed by atoms with Crippen molar-refractivity contribution < 1.29 is 9.63 Å². The molecule has 1 aromatic heterocycles. The monoisotopic (exact) mass is 210 g/mol. The number of hydrogen-bond acceptors (Lipinski definition) is 4. The average Bonchev–Trinajstić information content (AvgIpc) is 2.57. The van der Waals surface area contributed by atoms with Crippen LogP contribution in [0.1, 0.15) is 0 Å². The van der Waals surface area contributed by atoms with Crippen LogP contribution in [-0.2, 0) is 0 Å². The van der Waals surface area contributed by atoms with Gasteiger partial charge >= 0.3 is 0 Å². The summed E-state index contributed by atoms with van der Waals surface area (Å²) in [7, 11) is 0. The van der Waals surface area contributed by atoms with Gasteiger partial charge in [-0.05, 0) is 18.2 Å². The van der Waals surface area contributed by atoms with E-state index < -0.39 is 0 Å². The van der Waals surface area contributed by atoms with Crippen molar-refractivity contribution in [3.05, 3.63) is 29.3 Å². The first kappa shape index (κ1) is 8.90. The van der Waals surface area contributed by atoms with E-state index in [1.165, 1.54) is 6.07 Å². The lowest BCUT2D eigenvalue weighted by atomic mass is 10.1. The van der Waals surface area contributed by atoms with E-state index in [1.807, 2.05) is 0 Å². The zero-order chi connectivity index (χ0) is 10.1. The number of aromatic hydroxyl groups is 1. The molecule has 14 heavy (non-hydrogen) atoms. The number of anilines is 1. The van der Waals surface area contributed by atoms with Gasteiger partial charge in [-0.25, -0.2) is 0 Å². The Balaban J connectivity index is 2.47. The van der Waals surface area contributed by atoms with Crippen LogP contribution in [0.5, 0.6) is 5.75 Å². The van der Waals surface area contributed by atoms with Gasteiger partial charge < -0.3 is 15.4 Å². The molecule has 0 fully saturated rings. The molecule has 5 heteroatoms. The largest absolute Gasteiger partial charge is 0.506 e. The lowest BCUT2D eigenvalue weighted by Crippen LogP contribution is -1.78. The van der Waals surface area contributed by atoms with Crippen LogP contribution >= 0.6 is 11.6 Å². The molecule has 0 aliphatic carbocycles. The Hall–Kier alpha value is -1.68. The molecule has 72 valence electrons. The first-order chi connectivity index (χ1) is 6.66. The zero-order valence-corrected chi connectivity index (χ0v) is 7.82. The van der Waals surface area contributed by atoms with Crippen LogP contribution in [-0.4, -0.2) is 10.3 Å². The number of nitrogens with two attached hydrogens (primary N) is 1. The fourth-order valence-corrected chi connectivity index (χ4v) is 1.27. The third kappa shape index (κ3) is 1.52. The molecule has 0 aliphatic rings. The lowest BCUT2D eigenvalue weighted by Gasteiger charge is -1.98. The minimum Gasteiger partial charge on any atom is -0.506 e. The smallest absolute Gasteiger partial charge is 0.222 e. The molecular formula is C9H7ClN2O2. The van der Waals surface area contributed by atoms with Crippen LogP contribution < -0.4 is 5.73 Å². The van der Waals surface area contributed by atoms with Gasteiger partial charge in [0.1, 0.15) is 11.4 Å². The summed E-state index contributed by atoms with van der Waals surface area (Å²) in [5.41, 5.74) is 6.70. The van der Waals surface area contributed by atoms with E-state index in [2.05, 4.69) is 5.16 Å². The quantitative estimate of drug-likeness (QED) is 0.758. The standard InChI is InChI=1S/C9H7ClN2O2/c10-6-3-5(1-2-8(6)13)7-4-9(11)14-12-7/h1-4,13H,11H2. The van der Waals surface area contributed by atoms with Crippen LogP contribution in [0.3, 0.4) is 0 Å². The molecule has 0 aliphatic heterocycles. The molecule has 0 amide bonds. The molecule has 2 rings (SSSR count). The summed E-state index contributed by atoms with van der Waals surface area (Å²) in [5, 5.41) is 13.2. The maximum absolute atomic E-state index is 9.20. The molecule has 1 heterocycles. The van der Waals surface area contributed by atoms with Crippen LogP contribution in [0.15, 0.2) is 28.8 Å². The Morgan fingerprint density at radius 2 is 2.14 bits per heavy atom. The second-order valence-electron chi connectivity index (χ2n) is 2.78. The van der Waals surface area contributed by atoms with E-state index in [9.17, 15) is 5.11 Å². The fourth-order valence-electron chi connectivity index (χ4n) is 1.09. The summed E-state index contributed by atoms with van der Waals surface area (Å²) >= 11 is 5.73. The predicted octanol–water partition coefficient (Wildman–Crippen LogP) is 2.28. The fraction of sp³-hybridized carbons (Fsp3) is 0. The van der Waals surface area contributed by atoms with Crippen molar-refractivity contribution in [3.8, 4) is 17.0 Å². The summed E-state index contributed by atoms with van der Waals surface area (Å²) in [6.07, 6.45) is 0. The lowest BCUT2D eigenvalue weighted by molar-refractivity contribution is 0.439. The topological polar surface area (TPSA) is 72.3 Å². The molecule has 0 bridgehead atoms. The number of rotatable bonds is 1. The number of phenols is 1. The Morgan fingerprint density at radius 1 is 1.36 bits per heavy atom. The van der Waals surface area contributed by atoms with Gasteiger partial charge in [-0.15, -0.1) is 0 Å². The van der Waals surface area contributed by atoms with Crippen molar-refractivity contribution in [2.24, 2.45) is 0 Å². The predicted molar refractivity (Wildman–Crippen MR) is 53.0 cm³/mol. The number of hydrogen-bond donors (Lipinski definition) is 2. The number of phenolic OH excluding ortho intramolecular Hbond substituents is 1. The first-order valence-electron chi connectivity index (χ1n) is 3.88.